The highest BCUT2D eigenvalue weighted by Gasteiger charge is 2.14. The molecule has 0 fully saturated rings. The smallest absolute Gasteiger partial charge is 0.338 e. The third-order valence-corrected chi connectivity index (χ3v) is 3.69. The zero-order chi connectivity index (χ0) is 19.1. The van der Waals surface area contributed by atoms with Gasteiger partial charge in [-0.1, -0.05) is 24.3 Å². The van der Waals surface area contributed by atoms with E-state index in [1.54, 1.807) is 43.3 Å². The van der Waals surface area contributed by atoms with Gasteiger partial charge in [-0.05, 0) is 56.2 Å². The molecule has 26 heavy (non-hydrogen) atoms. The van der Waals surface area contributed by atoms with Gasteiger partial charge < -0.3 is 15.4 Å². The lowest BCUT2D eigenvalue weighted by molar-refractivity contribution is 0.0337. The van der Waals surface area contributed by atoms with Crippen molar-refractivity contribution in [2.75, 3.05) is 0 Å². The number of esters is 1. The first-order valence-corrected chi connectivity index (χ1v) is 8.45. The Bertz CT molecular complexity index is 743. The number of carbonyl (C=O) groups excluding carboxylic acids is 2. The second kappa shape index (κ2) is 8.99. The molecule has 0 radical (unpaired) electrons. The molecular formula is C20H23FN2O3. The van der Waals surface area contributed by atoms with Crippen LogP contribution in [0.1, 0.15) is 48.4 Å². The normalized spacial score (nSPS) is 11.7. The molecule has 0 aliphatic rings. The van der Waals surface area contributed by atoms with E-state index < -0.39 is 12.1 Å². The van der Waals surface area contributed by atoms with Crippen molar-refractivity contribution in [2.24, 2.45) is 0 Å². The Morgan fingerprint density at radius 1 is 1.00 bits per heavy atom. The second-order valence-corrected chi connectivity index (χ2v) is 6.28. The van der Waals surface area contributed by atoms with Gasteiger partial charge in [-0.15, -0.1) is 0 Å². The maximum Gasteiger partial charge on any atom is 0.338 e. The highest BCUT2D eigenvalue weighted by atomic mass is 19.1. The quantitative estimate of drug-likeness (QED) is 0.768. The second-order valence-electron chi connectivity index (χ2n) is 6.28. The van der Waals surface area contributed by atoms with E-state index in [1.165, 1.54) is 12.1 Å². The van der Waals surface area contributed by atoms with Gasteiger partial charge in [0.05, 0.1) is 5.56 Å². The van der Waals surface area contributed by atoms with Crippen molar-refractivity contribution in [1.82, 2.24) is 10.6 Å². The number of nitrogens with one attached hydrogen (secondary N) is 2. The van der Waals surface area contributed by atoms with Gasteiger partial charge in [0.1, 0.15) is 11.9 Å². The Kier molecular flexibility index (Phi) is 6.72. The van der Waals surface area contributed by atoms with Crippen molar-refractivity contribution in [2.45, 2.75) is 39.5 Å². The number of carbonyl (C=O) groups is 2. The molecule has 0 bridgehead atoms. The number of urea groups is 1. The van der Waals surface area contributed by atoms with Gasteiger partial charge in [-0.25, -0.2) is 14.0 Å². The van der Waals surface area contributed by atoms with E-state index in [1.807, 2.05) is 13.8 Å². The third-order valence-electron chi connectivity index (χ3n) is 3.69. The maximum atomic E-state index is 13.0. The lowest BCUT2D eigenvalue weighted by Gasteiger charge is -2.14. The summed E-state index contributed by atoms with van der Waals surface area (Å²) < 4.78 is 18.4. The van der Waals surface area contributed by atoms with Crippen LogP contribution in [0.4, 0.5) is 9.18 Å². The molecule has 0 aromatic heterocycles. The summed E-state index contributed by atoms with van der Waals surface area (Å²) in [4.78, 5) is 23.8. The van der Waals surface area contributed by atoms with Crippen molar-refractivity contribution >= 4 is 12.0 Å². The van der Waals surface area contributed by atoms with E-state index in [0.29, 0.717) is 12.1 Å². The first kappa shape index (κ1) is 19.4. The van der Waals surface area contributed by atoms with Gasteiger partial charge in [0, 0.05) is 12.6 Å². The van der Waals surface area contributed by atoms with E-state index in [-0.39, 0.29) is 17.9 Å². The lowest BCUT2D eigenvalue weighted by Crippen LogP contribution is -2.39. The summed E-state index contributed by atoms with van der Waals surface area (Å²) in [5.41, 5.74) is 2.00. The summed E-state index contributed by atoms with van der Waals surface area (Å²) in [6, 6.07) is 12.5. The summed E-state index contributed by atoms with van der Waals surface area (Å²) in [5, 5.41) is 5.48. The minimum atomic E-state index is -0.482. The van der Waals surface area contributed by atoms with E-state index in [4.69, 9.17) is 4.74 Å². The standard InChI is InChI=1S/C20H23FN2O3/c1-13(2)23-20(25)22-12-15-4-6-17(7-5-15)19(24)26-14(3)16-8-10-18(21)11-9-16/h4-11,13-14H,12H2,1-3H3,(H2,22,23,25)/t14-/m1/s1. The fourth-order valence-corrected chi connectivity index (χ4v) is 2.28. The molecule has 2 aromatic carbocycles. The molecule has 0 saturated carbocycles. The highest BCUT2D eigenvalue weighted by molar-refractivity contribution is 5.89. The highest BCUT2D eigenvalue weighted by Crippen LogP contribution is 2.19. The van der Waals surface area contributed by atoms with Crippen molar-refractivity contribution < 1.29 is 18.7 Å². The number of halogens is 1. The molecule has 2 N–H and O–H groups in total. The summed E-state index contributed by atoms with van der Waals surface area (Å²) in [5.74, 6) is -0.794. The number of rotatable bonds is 6. The van der Waals surface area contributed by atoms with Crippen LogP contribution < -0.4 is 10.6 Å². The molecule has 2 amide bonds. The van der Waals surface area contributed by atoms with Crippen LogP contribution in [-0.4, -0.2) is 18.0 Å². The Labute approximate surface area is 152 Å². The Hall–Kier alpha value is -2.89. The topological polar surface area (TPSA) is 67.4 Å². The molecule has 2 rings (SSSR count). The van der Waals surface area contributed by atoms with E-state index in [0.717, 1.165) is 11.1 Å². The minimum Gasteiger partial charge on any atom is -0.454 e. The van der Waals surface area contributed by atoms with Crippen LogP contribution in [0.25, 0.3) is 0 Å². The SMILES string of the molecule is CC(C)NC(=O)NCc1ccc(C(=O)O[C@H](C)c2ccc(F)cc2)cc1. The molecule has 0 saturated heterocycles. The van der Waals surface area contributed by atoms with Crippen molar-refractivity contribution in [3.05, 3.63) is 71.0 Å². The van der Waals surface area contributed by atoms with Crippen molar-refractivity contribution in [3.8, 4) is 0 Å². The zero-order valence-electron chi connectivity index (χ0n) is 15.1. The summed E-state index contributed by atoms with van der Waals surface area (Å²) in [6.07, 6.45) is -0.482. The van der Waals surface area contributed by atoms with Crippen LogP contribution >= 0.6 is 0 Å². The van der Waals surface area contributed by atoms with Crippen LogP contribution in [0.5, 0.6) is 0 Å². The Morgan fingerprint density at radius 3 is 2.19 bits per heavy atom. The molecule has 5 nitrogen and oxygen atoms in total. The molecule has 0 aliphatic heterocycles. The molecule has 1 atom stereocenters. The third kappa shape index (κ3) is 5.88. The fraction of sp³-hybridized carbons (Fsp3) is 0.300. The first-order chi connectivity index (χ1) is 12.3. The fourth-order valence-electron chi connectivity index (χ4n) is 2.28. The van der Waals surface area contributed by atoms with E-state index in [2.05, 4.69) is 10.6 Å². The van der Waals surface area contributed by atoms with Crippen LogP contribution in [0, 0.1) is 5.82 Å². The zero-order valence-corrected chi connectivity index (χ0v) is 15.1. The van der Waals surface area contributed by atoms with Gasteiger partial charge in [0.2, 0.25) is 0 Å². The number of hydrogen-bond acceptors (Lipinski definition) is 3. The largest absolute Gasteiger partial charge is 0.454 e. The molecule has 2 aromatic rings. The Morgan fingerprint density at radius 2 is 1.62 bits per heavy atom. The van der Waals surface area contributed by atoms with Gasteiger partial charge >= 0.3 is 12.0 Å². The van der Waals surface area contributed by atoms with E-state index >= 15 is 0 Å². The molecular weight excluding hydrogens is 335 g/mol. The average molecular weight is 358 g/mol. The molecule has 0 aliphatic carbocycles. The minimum absolute atomic E-state index is 0.0650. The van der Waals surface area contributed by atoms with Crippen LogP contribution in [-0.2, 0) is 11.3 Å². The van der Waals surface area contributed by atoms with E-state index in [9.17, 15) is 14.0 Å². The molecule has 0 heterocycles. The number of ether oxygens (including phenoxy) is 1. The van der Waals surface area contributed by atoms with Gasteiger partial charge in [-0.3, -0.25) is 0 Å². The van der Waals surface area contributed by atoms with Crippen molar-refractivity contribution in [1.29, 1.82) is 0 Å². The monoisotopic (exact) mass is 358 g/mol. The molecule has 6 heteroatoms. The lowest BCUT2D eigenvalue weighted by atomic mass is 10.1. The number of benzene rings is 2. The van der Waals surface area contributed by atoms with Crippen LogP contribution in [0.15, 0.2) is 48.5 Å². The van der Waals surface area contributed by atoms with Gasteiger partial charge in [0.15, 0.2) is 0 Å². The first-order valence-electron chi connectivity index (χ1n) is 8.45. The van der Waals surface area contributed by atoms with Gasteiger partial charge in [-0.2, -0.15) is 0 Å². The maximum absolute atomic E-state index is 13.0. The average Bonchev–Trinajstić information content (AvgIpc) is 2.60. The molecule has 0 spiro atoms. The summed E-state index contributed by atoms with van der Waals surface area (Å²) in [7, 11) is 0. The predicted molar refractivity (Wildman–Crippen MR) is 97.2 cm³/mol. The van der Waals surface area contributed by atoms with Crippen LogP contribution in [0.2, 0.25) is 0 Å². The van der Waals surface area contributed by atoms with Crippen LogP contribution in [0.3, 0.4) is 0 Å². The Balaban J connectivity index is 1.89. The number of amides is 2. The van der Waals surface area contributed by atoms with Crippen molar-refractivity contribution in [3.63, 3.8) is 0 Å². The molecule has 138 valence electrons. The predicted octanol–water partition coefficient (Wildman–Crippen LogP) is 3.95. The summed E-state index contributed by atoms with van der Waals surface area (Å²) >= 11 is 0. The number of hydrogen-bond donors (Lipinski definition) is 2. The van der Waals surface area contributed by atoms with Gasteiger partial charge in [0.25, 0.3) is 0 Å². The molecule has 0 unspecified atom stereocenters. The summed E-state index contributed by atoms with van der Waals surface area (Å²) in [6.45, 7) is 5.86.